The van der Waals surface area contributed by atoms with E-state index >= 15 is 0 Å². The van der Waals surface area contributed by atoms with E-state index in [9.17, 15) is 4.79 Å². The topological polar surface area (TPSA) is 64.3 Å². The van der Waals surface area contributed by atoms with Crippen LogP contribution in [0.25, 0.3) is 10.8 Å². The standard InChI is InChI=1S/C17H22N2O2/c1-17(19-2,16(18)20)10-5-11-21-15-9-8-13-6-3-4-7-14(13)12-15/h3-4,6-9,12,19H,5,10-11H2,1-2H3,(H2,18,20). The van der Waals surface area contributed by atoms with Gasteiger partial charge < -0.3 is 15.8 Å². The minimum atomic E-state index is -0.674. The Morgan fingerprint density at radius 2 is 1.95 bits per heavy atom. The zero-order valence-corrected chi connectivity index (χ0v) is 12.6. The minimum absolute atomic E-state index is 0.337. The third-order valence-corrected chi connectivity index (χ3v) is 3.91. The number of primary amides is 1. The van der Waals surface area contributed by atoms with Crippen molar-refractivity contribution in [1.29, 1.82) is 0 Å². The average molecular weight is 286 g/mol. The summed E-state index contributed by atoms with van der Waals surface area (Å²) in [5.41, 5.74) is 4.72. The van der Waals surface area contributed by atoms with E-state index in [-0.39, 0.29) is 5.91 Å². The van der Waals surface area contributed by atoms with Gasteiger partial charge in [-0.1, -0.05) is 30.3 Å². The molecule has 1 atom stereocenters. The normalized spacial score (nSPS) is 13.8. The molecule has 0 saturated heterocycles. The third kappa shape index (κ3) is 3.73. The molecule has 1 unspecified atom stereocenters. The Hall–Kier alpha value is -2.07. The Morgan fingerprint density at radius 3 is 2.62 bits per heavy atom. The first kappa shape index (κ1) is 15.3. The molecule has 0 aromatic heterocycles. The number of likely N-dealkylation sites (N-methyl/N-ethyl adjacent to an activating group) is 1. The molecule has 0 bridgehead atoms. The van der Waals surface area contributed by atoms with Crippen LogP contribution in [0.4, 0.5) is 0 Å². The van der Waals surface area contributed by atoms with Gasteiger partial charge in [-0.2, -0.15) is 0 Å². The number of hydrogen-bond acceptors (Lipinski definition) is 3. The minimum Gasteiger partial charge on any atom is -0.494 e. The van der Waals surface area contributed by atoms with Gasteiger partial charge in [0.05, 0.1) is 12.1 Å². The van der Waals surface area contributed by atoms with Crippen LogP contribution in [0, 0.1) is 0 Å². The molecule has 4 nitrogen and oxygen atoms in total. The molecule has 0 aliphatic heterocycles. The van der Waals surface area contributed by atoms with Gasteiger partial charge in [-0.25, -0.2) is 0 Å². The first-order valence-electron chi connectivity index (χ1n) is 7.15. The molecule has 2 aromatic carbocycles. The summed E-state index contributed by atoms with van der Waals surface area (Å²) in [4.78, 5) is 11.4. The molecule has 0 fully saturated rings. The van der Waals surface area contributed by atoms with Gasteiger partial charge in [0.1, 0.15) is 5.75 Å². The number of fused-ring (bicyclic) bond motifs is 1. The number of nitrogens with one attached hydrogen (secondary N) is 1. The molecule has 0 heterocycles. The molecule has 2 rings (SSSR count). The van der Waals surface area contributed by atoms with Crippen LogP contribution in [0.5, 0.6) is 5.75 Å². The molecule has 2 aromatic rings. The van der Waals surface area contributed by atoms with Crippen molar-refractivity contribution in [3.8, 4) is 5.75 Å². The van der Waals surface area contributed by atoms with Crippen LogP contribution in [0.2, 0.25) is 0 Å². The van der Waals surface area contributed by atoms with E-state index in [1.165, 1.54) is 5.39 Å². The number of carbonyl (C=O) groups excluding carboxylic acids is 1. The van der Waals surface area contributed by atoms with Gasteiger partial charge in [-0.3, -0.25) is 4.79 Å². The molecule has 0 spiro atoms. The quantitative estimate of drug-likeness (QED) is 0.768. The van der Waals surface area contributed by atoms with Crippen LogP contribution in [-0.4, -0.2) is 25.1 Å². The number of amides is 1. The number of rotatable bonds is 7. The van der Waals surface area contributed by atoms with E-state index in [4.69, 9.17) is 10.5 Å². The van der Waals surface area contributed by atoms with Crippen molar-refractivity contribution >= 4 is 16.7 Å². The highest BCUT2D eigenvalue weighted by Gasteiger charge is 2.28. The van der Waals surface area contributed by atoms with Crippen LogP contribution in [0.3, 0.4) is 0 Å². The van der Waals surface area contributed by atoms with Crippen LogP contribution in [0.1, 0.15) is 19.8 Å². The molecule has 0 radical (unpaired) electrons. The third-order valence-electron chi connectivity index (χ3n) is 3.91. The lowest BCUT2D eigenvalue weighted by atomic mass is 9.95. The van der Waals surface area contributed by atoms with E-state index < -0.39 is 5.54 Å². The summed E-state index contributed by atoms with van der Waals surface area (Å²) in [5.74, 6) is 0.509. The zero-order valence-electron chi connectivity index (χ0n) is 12.6. The Labute approximate surface area is 125 Å². The monoisotopic (exact) mass is 286 g/mol. The zero-order chi connectivity index (χ0) is 15.3. The summed E-state index contributed by atoms with van der Waals surface area (Å²) in [6.45, 7) is 2.37. The van der Waals surface area contributed by atoms with Gasteiger partial charge >= 0.3 is 0 Å². The molecular formula is C17H22N2O2. The lowest BCUT2D eigenvalue weighted by Gasteiger charge is -2.25. The van der Waals surface area contributed by atoms with E-state index in [0.29, 0.717) is 13.0 Å². The van der Waals surface area contributed by atoms with Gasteiger partial charge in [0, 0.05) is 0 Å². The summed E-state index contributed by atoms with van der Waals surface area (Å²) < 4.78 is 5.75. The first-order valence-corrected chi connectivity index (χ1v) is 7.15. The van der Waals surface area contributed by atoms with E-state index in [2.05, 4.69) is 17.4 Å². The maximum absolute atomic E-state index is 11.4. The number of nitrogens with two attached hydrogens (primary N) is 1. The maximum Gasteiger partial charge on any atom is 0.237 e. The summed E-state index contributed by atoms with van der Waals surface area (Å²) in [7, 11) is 1.74. The lowest BCUT2D eigenvalue weighted by Crippen LogP contribution is -2.51. The maximum atomic E-state index is 11.4. The van der Waals surface area contributed by atoms with Crippen LogP contribution < -0.4 is 15.8 Å². The van der Waals surface area contributed by atoms with E-state index in [0.717, 1.165) is 17.6 Å². The molecule has 21 heavy (non-hydrogen) atoms. The van der Waals surface area contributed by atoms with Crippen molar-refractivity contribution in [3.05, 3.63) is 42.5 Å². The van der Waals surface area contributed by atoms with Gasteiger partial charge in [0.2, 0.25) is 5.91 Å². The molecule has 4 heteroatoms. The molecule has 1 amide bonds. The second-order valence-corrected chi connectivity index (χ2v) is 5.41. The van der Waals surface area contributed by atoms with Gasteiger partial charge in [-0.05, 0) is 49.7 Å². The fourth-order valence-electron chi connectivity index (χ4n) is 2.24. The van der Waals surface area contributed by atoms with Crippen molar-refractivity contribution < 1.29 is 9.53 Å². The summed E-state index contributed by atoms with van der Waals surface area (Å²) in [6.07, 6.45) is 1.40. The average Bonchev–Trinajstić information content (AvgIpc) is 2.51. The Balaban J connectivity index is 1.89. The number of hydrogen-bond donors (Lipinski definition) is 2. The summed E-state index contributed by atoms with van der Waals surface area (Å²) in [5, 5.41) is 5.33. The van der Waals surface area contributed by atoms with Gasteiger partial charge in [0.15, 0.2) is 0 Å². The molecule has 112 valence electrons. The smallest absolute Gasteiger partial charge is 0.237 e. The van der Waals surface area contributed by atoms with Gasteiger partial charge in [-0.15, -0.1) is 0 Å². The predicted molar refractivity (Wildman–Crippen MR) is 85.3 cm³/mol. The SMILES string of the molecule is CNC(C)(CCCOc1ccc2ccccc2c1)C(N)=O. The molecule has 0 saturated carbocycles. The van der Waals surface area contributed by atoms with Crippen LogP contribution in [-0.2, 0) is 4.79 Å². The predicted octanol–water partition coefficient (Wildman–Crippen LogP) is 2.46. The highest BCUT2D eigenvalue weighted by atomic mass is 16.5. The van der Waals surface area contributed by atoms with E-state index in [1.54, 1.807) is 7.05 Å². The Morgan fingerprint density at radius 1 is 1.24 bits per heavy atom. The first-order chi connectivity index (χ1) is 10.0. The van der Waals surface area contributed by atoms with Gasteiger partial charge in [0.25, 0.3) is 0 Å². The second kappa shape index (κ2) is 6.59. The Bertz CT molecular complexity index is 627. The largest absolute Gasteiger partial charge is 0.494 e. The fourth-order valence-corrected chi connectivity index (χ4v) is 2.24. The lowest BCUT2D eigenvalue weighted by molar-refractivity contribution is -0.123. The van der Waals surface area contributed by atoms with Crippen molar-refractivity contribution in [3.63, 3.8) is 0 Å². The van der Waals surface area contributed by atoms with Crippen molar-refractivity contribution in [1.82, 2.24) is 5.32 Å². The van der Waals surface area contributed by atoms with Crippen LogP contribution in [0.15, 0.2) is 42.5 Å². The van der Waals surface area contributed by atoms with Crippen molar-refractivity contribution in [2.45, 2.75) is 25.3 Å². The summed E-state index contributed by atoms with van der Waals surface area (Å²) >= 11 is 0. The molecule has 0 aliphatic rings. The molecule has 0 aliphatic carbocycles. The van der Waals surface area contributed by atoms with Crippen LogP contribution >= 0.6 is 0 Å². The van der Waals surface area contributed by atoms with Crippen molar-refractivity contribution in [2.75, 3.05) is 13.7 Å². The number of carbonyl (C=O) groups is 1. The number of ether oxygens (including phenoxy) is 1. The highest BCUT2D eigenvalue weighted by Crippen LogP contribution is 2.21. The van der Waals surface area contributed by atoms with Crippen molar-refractivity contribution in [2.24, 2.45) is 5.73 Å². The fraction of sp³-hybridized carbons (Fsp3) is 0.353. The highest BCUT2D eigenvalue weighted by molar-refractivity contribution is 5.84. The second-order valence-electron chi connectivity index (χ2n) is 5.41. The Kier molecular flexibility index (Phi) is 4.81. The molecular weight excluding hydrogens is 264 g/mol. The van der Waals surface area contributed by atoms with E-state index in [1.807, 2.05) is 37.3 Å². The summed E-state index contributed by atoms with van der Waals surface area (Å²) in [6, 6.07) is 14.2. The molecule has 3 N–H and O–H groups in total. The number of benzene rings is 2.